The zero-order valence-electron chi connectivity index (χ0n) is 19.9. The minimum absolute atomic E-state index is 0.269. The van der Waals surface area contributed by atoms with Crippen molar-refractivity contribution in [2.24, 2.45) is 0 Å². The van der Waals surface area contributed by atoms with Crippen LogP contribution in [0.1, 0.15) is 28.8 Å². The molecular formula is C27H23ClN4O3S. The standard InChI is InChI=1S/C27H23ClN4O3S/c1-33-18-9-4-15(5-10-18)24-22-23(29-26-30-27(36-3)31-32(24)26)20-14-17(28)8-13-21(20)35-25(22)16-6-11-19(34-2)12-7-16/h4-14,24-25H,1-3H3,(H,29,30,31)/t24-,25+/m0/s1. The van der Waals surface area contributed by atoms with Crippen LogP contribution in [0.25, 0.3) is 5.70 Å². The van der Waals surface area contributed by atoms with E-state index in [1.54, 1.807) is 14.2 Å². The van der Waals surface area contributed by atoms with Crippen LogP contribution in [0.15, 0.2) is 77.5 Å². The summed E-state index contributed by atoms with van der Waals surface area (Å²) >= 11 is 7.94. The molecule has 1 aromatic heterocycles. The Morgan fingerprint density at radius 3 is 2.25 bits per heavy atom. The van der Waals surface area contributed by atoms with Crippen molar-refractivity contribution in [2.75, 3.05) is 25.8 Å². The molecule has 3 heterocycles. The van der Waals surface area contributed by atoms with E-state index in [9.17, 15) is 0 Å². The molecule has 9 heteroatoms. The molecule has 182 valence electrons. The zero-order valence-corrected chi connectivity index (χ0v) is 21.4. The molecule has 0 radical (unpaired) electrons. The van der Waals surface area contributed by atoms with Gasteiger partial charge in [0.2, 0.25) is 11.1 Å². The third-order valence-corrected chi connectivity index (χ3v) is 7.22. The van der Waals surface area contributed by atoms with Crippen molar-refractivity contribution in [3.8, 4) is 17.2 Å². The molecule has 0 aliphatic carbocycles. The molecule has 0 bridgehead atoms. The van der Waals surface area contributed by atoms with Crippen molar-refractivity contribution in [3.05, 3.63) is 94.0 Å². The molecule has 1 N–H and O–H groups in total. The number of hydrogen-bond donors (Lipinski definition) is 1. The summed E-state index contributed by atoms with van der Waals surface area (Å²) in [4.78, 5) is 4.74. The van der Waals surface area contributed by atoms with Gasteiger partial charge in [-0.3, -0.25) is 0 Å². The van der Waals surface area contributed by atoms with Gasteiger partial charge in [0, 0.05) is 16.2 Å². The summed E-state index contributed by atoms with van der Waals surface area (Å²) in [7, 11) is 3.32. The van der Waals surface area contributed by atoms with E-state index in [2.05, 4.69) is 17.4 Å². The molecular weight excluding hydrogens is 496 g/mol. The summed E-state index contributed by atoms with van der Waals surface area (Å²) in [6.07, 6.45) is 1.59. The fourth-order valence-electron chi connectivity index (χ4n) is 4.73. The molecule has 0 fully saturated rings. The van der Waals surface area contributed by atoms with Gasteiger partial charge in [-0.25, -0.2) is 4.68 Å². The second-order valence-corrected chi connectivity index (χ2v) is 9.62. The van der Waals surface area contributed by atoms with E-state index >= 15 is 0 Å². The van der Waals surface area contributed by atoms with E-state index in [4.69, 9.17) is 35.9 Å². The normalized spacial score (nSPS) is 17.9. The minimum atomic E-state index is -0.380. The molecule has 2 aliphatic rings. The highest BCUT2D eigenvalue weighted by molar-refractivity contribution is 7.98. The van der Waals surface area contributed by atoms with Gasteiger partial charge in [-0.1, -0.05) is 47.6 Å². The van der Waals surface area contributed by atoms with Crippen molar-refractivity contribution >= 4 is 35.0 Å². The monoisotopic (exact) mass is 518 g/mol. The summed E-state index contributed by atoms with van der Waals surface area (Å²) < 4.78 is 19.4. The van der Waals surface area contributed by atoms with E-state index in [-0.39, 0.29) is 12.1 Å². The molecule has 36 heavy (non-hydrogen) atoms. The molecule has 0 saturated carbocycles. The molecule has 7 nitrogen and oxygen atoms in total. The Balaban J connectivity index is 1.60. The smallest absolute Gasteiger partial charge is 0.227 e. The van der Waals surface area contributed by atoms with E-state index in [1.807, 2.05) is 65.5 Å². The summed E-state index contributed by atoms with van der Waals surface area (Å²) in [6, 6.07) is 21.4. The molecule has 2 atom stereocenters. The number of anilines is 1. The topological polar surface area (TPSA) is 70.4 Å². The number of fused-ring (bicyclic) bond motifs is 3. The highest BCUT2D eigenvalue weighted by Crippen LogP contribution is 2.51. The van der Waals surface area contributed by atoms with Crippen LogP contribution in [0.5, 0.6) is 17.2 Å². The number of rotatable bonds is 5. The molecule has 0 saturated heterocycles. The number of methoxy groups -OCH3 is 2. The fourth-order valence-corrected chi connectivity index (χ4v) is 5.25. The Bertz CT molecular complexity index is 1470. The molecule has 4 aromatic rings. The second kappa shape index (κ2) is 9.11. The largest absolute Gasteiger partial charge is 0.497 e. The maximum absolute atomic E-state index is 6.67. The van der Waals surface area contributed by atoms with Gasteiger partial charge in [0.15, 0.2) is 0 Å². The number of thioether (sulfide) groups is 1. The zero-order chi connectivity index (χ0) is 24.8. The lowest BCUT2D eigenvalue weighted by Gasteiger charge is -2.39. The summed E-state index contributed by atoms with van der Waals surface area (Å²) in [5.74, 6) is 2.99. The van der Waals surface area contributed by atoms with Crippen LogP contribution in [-0.2, 0) is 0 Å². The third-order valence-electron chi connectivity index (χ3n) is 6.45. The molecule has 0 spiro atoms. The lowest BCUT2D eigenvalue weighted by Crippen LogP contribution is -2.32. The van der Waals surface area contributed by atoms with Gasteiger partial charge in [0.25, 0.3) is 0 Å². The molecule has 0 unspecified atom stereocenters. The Kier molecular flexibility index (Phi) is 5.78. The van der Waals surface area contributed by atoms with Crippen molar-refractivity contribution in [3.63, 3.8) is 0 Å². The number of hydrogen-bond acceptors (Lipinski definition) is 7. The molecule has 2 aliphatic heterocycles. The average Bonchev–Trinajstić information content (AvgIpc) is 3.35. The Morgan fingerprint density at radius 2 is 1.61 bits per heavy atom. The van der Waals surface area contributed by atoms with Crippen LogP contribution < -0.4 is 19.5 Å². The fraction of sp³-hybridized carbons (Fsp3) is 0.185. The number of aromatic nitrogens is 3. The first kappa shape index (κ1) is 22.8. The van der Waals surface area contributed by atoms with E-state index in [0.29, 0.717) is 16.1 Å². The quantitative estimate of drug-likeness (QED) is 0.314. The van der Waals surface area contributed by atoms with Crippen molar-refractivity contribution in [1.82, 2.24) is 14.8 Å². The van der Waals surface area contributed by atoms with E-state index in [1.165, 1.54) is 11.8 Å². The summed E-state index contributed by atoms with van der Waals surface area (Å²) in [5.41, 5.74) is 4.87. The SMILES string of the molecule is COc1ccc([C@H]2C3=C(Nc4nc(SC)nn42)c2cc(Cl)ccc2O[C@@H]3c2ccc(OC)cc2)cc1. The van der Waals surface area contributed by atoms with Gasteiger partial charge in [-0.2, -0.15) is 4.98 Å². The van der Waals surface area contributed by atoms with Crippen LogP contribution >= 0.6 is 23.4 Å². The summed E-state index contributed by atoms with van der Waals surface area (Å²) in [6.45, 7) is 0. The molecule has 6 rings (SSSR count). The lowest BCUT2D eigenvalue weighted by atomic mass is 9.84. The first-order valence-corrected chi connectivity index (χ1v) is 13.0. The average molecular weight is 519 g/mol. The Morgan fingerprint density at radius 1 is 0.944 bits per heavy atom. The van der Waals surface area contributed by atoms with E-state index < -0.39 is 0 Å². The Labute approximate surface area is 218 Å². The van der Waals surface area contributed by atoms with Gasteiger partial charge < -0.3 is 19.5 Å². The number of nitrogens with one attached hydrogen (secondary N) is 1. The van der Waals surface area contributed by atoms with Crippen LogP contribution in [0.3, 0.4) is 0 Å². The van der Waals surface area contributed by atoms with Gasteiger partial charge in [-0.05, 0) is 59.8 Å². The number of benzene rings is 3. The first-order chi connectivity index (χ1) is 17.6. The predicted molar refractivity (Wildman–Crippen MR) is 141 cm³/mol. The highest BCUT2D eigenvalue weighted by Gasteiger charge is 2.41. The van der Waals surface area contributed by atoms with Gasteiger partial charge in [-0.15, -0.1) is 5.10 Å². The van der Waals surface area contributed by atoms with Gasteiger partial charge in [0.05, 0.1) is 19.9 Å². The Hall–Kier alpha value is -3.62. The number of halogens is 1. The lowest BCUT2D eigenvalue weighted by molar-refractivity contribution is 0.222. The number of ether oxygens (including phenoxy) is 3. The minimum Gasteiger partial charge on any atom is -0.497 e. The van der Waals surface area contributed by atoms with Gasteiger partial charge >= 0.3 is 0 Å². The van der Waals surface area contributed by atoms with Crippen LogP contribution in [0, 0.1) is 0 Å². The predicted octanol–water partition coefficient (Wildman–Crippen LogP) is 6.23. The highest BCUT2D eigenvalue weighted by atomic mass is 35.5. The second-order valence-electron chi connectivity index (χ2n) is 8.41. The third kappa shape index (κ3) is 3.77. The maximum Gasteiger partial charge on any atom is 0.227 e. The van der Waals surface area contributed by atoms with E-state index in [0.717, 1.165) is 45.2 Å². The van der Waals surface area contributed by atoms with Crippen molar-refractivity contribution < 1.29 is 14.2 Å². The molecule has 3 aromatic carbocycles. The van der Waals surface area contributed by atoms with Crippen molar-refractivity contribution in [1.29, 1.82) is 0 Å². The number of nitrogens with zero attached hydrogens (tertiary/aromatic N) is 3. The van der Waals surface area contributed by atoms with Crippen LogP contribution in [0.2, 0.25) is 5.02 Å². The van der Waals surface area contributed by atoms with Gasteiger partial charge in [0.1, 0.15) is 29.4 Å². The van der Waals surface area contributed by atoms with Crippen molar-refractivity contribution in [2.45, 2.75) is 17.3 Å². The molecule has 0 amide bonds. The first-order valence-electron chi connectivity index (χ1n) is 11.4. The van der Waals surface area contributed by atoms with Crippen LogP contribution in [0.4, 0.5) is 5.95 Å². The maximum atomic E-state index is 6.67. The summed E-state index contributed by atoms with van der Waals surface area (Å²) in [5, 5.41) is 9.69. The van der Waals surface area contributed by atoms with Crippen LogP contribution in [-0.4, -0.2) is 35.2 Å².